The molecule has 0 radical (unpaired) electrons. The summed E-state index contributed by atoms with van der Waals surface area (Å²) in [5, 5.41) is 1.99. The van der Waals surface area contributed by atoms with Gasteiger partial charge < -0.3 is 9.97 Å². The van der Waals surface area contributed by atoms with Crippen molar-refractivity contribution in [3.05, 3.63) is 67.5 Å². The predicted octanol–water partition coefficient (Wildman–Crippen LogP) is 3.29. The standard InChI is InChI=1S/C16H9BrN2O2/c17-8-5-6-12-10(7-8)13-14(18-12)9-3-1-2-4-11(9)19-16(21)15(13)20/h1-7,18H,(H,19,20,21). The molecule has 4 rings (SSSR count). The number of aromatic amines is 2. The molecular weight excluding hydrogens is 332 g/mol. The van der Waals surface area contributed by atoms with Crippen molar-refractivity contribution in [3.8, 4) is 0 Å². The van der Waals surface area contributed by atoms with E-state index in [0.29, 0.717) is 16.4 Å². The predicted molar refractivity (Wildman–Crippen MR) is 87.9 cm³/mol. The third-order valence-corrected chi connectivity index (χ3v) is 4.13. The fourth-order valence-electron chi connectivity index (χ4n) is 2.70. The van der Waals surface area contributed by atoms with Crippen molar-refractivity contribution < 1.29 is 0 Å². The summed E-state index contributed by atoms with van der Waals surface area (Å²) in [5.74, 6) is 0. The van der Waals surface area contributed by atoms with Crippen LogP contribution in [0.5, 0.6) is 0 Å². The van der Waals surface area contributed by atoms with E-state index in [1.807, 2.05) is 36.4 Å². The number of nitrogens with one attached hydrogen (secondary N) is 2. The molecule has 0 aliphatic heterocycles. The van der Waals surface area contributed by atoms with Crippen molar-refractivity contribution in [1.29, 1.82) is 0 Å². The summed E-state index contributed by atoms with van der Waals surface area (Å²) in [5.41, 5.74) is 1.02. The van der Waals surface area contributed by atoms with Gasteiger partial charge in [0.05, 0.1) is 16.4 Å². The maximum absolute atomic E-state index is 12.4. The molecule has 0 saturated carbocycles. The van der Waals surface area contributed by atoms with E-state index < -0.39 is 11.0 Å². The van der Waals surface area contributed by atoms with Gasteiger partial charge in [0.25, 0.3) is 11.0 Å². The van der Waals surface area contributed by atoms with Gasteiger partial charge in [-0.2, -0.15) is 0 Å². The highest BCUT2D eigenvalue weighted by Gasteiger charge is 2.12. The molecule has 0 aliphatic rings. The molecule has 102 valence electrons. The fraction of sp³-hybridized carbons (Fsp3) is 0. The van der Waals surface area contributed by atoms with Crippen molar-refractivity contribution in [2.24, 2.45) is 0 Å². The van der Waals surface area contributed by atoms with Crippen LogP contribution in [0.4, 0.5) is 0 Å². The third kappa shape index (κ3) is 1.74. The van der Waals surface area contributed by atoms with Crippen molar-refractivity contribution in [3.63, 3.8) is 0 Å². The maximum atomic E-state index is 12.4. The Hall–Kier alpha value is -2.40. The van der Waals surface area contributed by atoms with Crippen LogP contribution >= 0.6 is 15.9 Å². The maximum Gasteiger partial charge on any atom is 0.296 e. The number of hydrogen-bond donors (Lipinski definition) is 2. The monoisotopic (exact) mass is 340 g/mol. The quantitative estimate of drug-likeness (QED) is 0.482. The lowest BCUT2D eigenvalue weighted by Crippen LogP contribution is -2.23. The molecule has 0 atom stereocenters. The van der Waals surface area contributed by atoms with E-state index in [-0.39, 0.29) is 0 Å². The highest BCUT2D eigenvalue weighted by Crippen LogP contribution is 2.28. The number of hydrogen-bond acceptors (Lipinski definition) is 2. The second-order valence-corrected chi connectivity index (χ2v) is 5.81. The summed E-state index contributed by atoms with van der Waals surface area (Å²) in [6.45, 7) is 0. The van der Waals surface area contributed by atoms with Gasteiger partial charge in [0.2, 0.25) is 0 Å². The lowest BCUT2D eigenvalue weighted by molar-refractivity contribution is 1.30. The molecule has 4 nitrogen and oxygen atoms in total. The first kappa shape index (κ1) is 12.3. The van der Waals surface area contributed by atoms with Crippen molar-refractivity contribution >= 4 is 48.6 Å². The zero-order valence-electron chi connectivity index (χ0n) is 10.7. The van der Waals surface area contributed by atoms with Gasteiger partial charge in [0.15, 0.2) is 0 Å². The summed E-state index contributed by atoms with van der Waals surface area (Å²) < 4.78 is 0.863. The molecule has 0 aliphatic carbocycles. The molecule has 0 fully saturated rings. The highest BCUT2D eigenvalue weighted by atomic mass is 79.9. The van der Waals surface area contributed by atoms with Gasteiger partial charge in [-0.3, -0.25) is 9.59 Å². The minimum absolute atomic E-state index is 0.425. The van der Waals surface area contributed by atoms with E-state index in [0.717, 1.165) is 20.8 Å². The minimum Gasteiger partial charge on any atom is -0.354 e. The number of fused-ring (bicyclic) bond motifs is 5. The van der Waals surface area contributed by atoms with Gasteiger partial charge in [0, 0.05) is 20.8 Å². The molecule has 2 heterocycles. The van der Waals surface area contributed by atoms with Crippen molar-refractivity contribution in [2.45, 2.75) is 0 Å². The number of para-hydroxylation sites is 1. The van der Waals surface area contributed by atoms with E-state index in [2.05, 4.69) is 25.9 Å². The Balaban J connectivity index is 2.47. The molecule has 0 spiro atoms. The summed E-state index contributed by atoms with van der Waals surface area (Å²) in [4.78, 5) is 30.4. The fourth-order valence-corrected chi connectivity index (χ4v) is 3.07. The molecule has 21 heavy (non-hydrogen) atoms. The van der Waals surface area contributed by atoms with Gasteiger partial charge >= 0.3 is 0 Å². The Labute approximate surface area is 126 Å². The number of benzene rings is 2. The first-order chi connectivity index (χ1) is 10.1. The second-order valence-electron chi connectivity index (χ2n) is 4.89. The van der Waals surface area contributed by atoms with Gasteiger partial charge in [-0.1, -0.05) is 34.1 Å². The van der Waals surface area contributed by atoms with Crippen LogP contribution < -0.4 is 11.0 Å². The lowest BCUT2D eigenvalue weighted by atomic mass is 10.1. The lowest BCUT2D eigenvalue weighted by Gasteiger charge is -1.92. The molecule has 0 amide bonds. The third-order valence-electron chi connectivity index (χ3n) is 3.64. The molecule has 4 aromatic rings. The Morgan fingerprint density at radius 1 is 0.857 bits per heavy atom. The van der Waals surface area contributed by atoms with Crippen molar-refractivity contribution in [2.75, 3.05) is 0 Å². The highest BCUT2D eigenvalue weighted by molar-refractivity contribution is 9.10. The Morgan fingerprint density at radius 2 is 1.62 bits per heavy atom. The molecule has 5 heteroatoms. The summed E-state index contributed by atoms with van der Waals surface area (Å²) in [6, 6.07) is 13.0. The molecule has 0 unspecified atom stereocenters. The first-order valence-electron chi connectivity index (χ1n) is 6.41. The second kappa shape index (κ2) is 4.30. The van der Waals surface area contributed by atoms with E-state index in [1.54, 1.807) is 6.07 Å². The Bertz CT molecular complexity index is 1140. The van der Waals surface area contributed by atoms with Gasteiger partial charge in [-0.15, -0.1) is 0 Å². The Morgan fingerprint density at radius 3 is 2.48 bits per heavy atom. The normalized spacial score (nSPS) is 11.5. The van der Waals surface area contributed by atoms with Crippen LogP contribution in [0.15, 0.2) is 56.5 Å². The van der Waals surface area contributed by atoms with Crippen LogP contribution in [0.3, 0.4) is 0 Å². The molecule has 0 bridgehead atoms. The van der Waals surface area contributed by atoms with Gasteiger partial charge in [-0.25, -0.2) is 0 Å². The number of halogens is 1. The molecule has 0 saturated heterocycles. The average Bonchev–Trinajstić information content (AvgIpc) is 2.80. The Kier molecular flexibility index (Phi) is 2.53. The molecule has 2 aromatic carbocycles. The van der Waals surface area contributed by atoms with E-state index in [1.165, 1.54) is 0 Å². The summed E-state index contributed by atoms with van der Waals surface area (Å²) >= 11 is 3.41. The van der Waals surface area contributed by atoms with Gasteiger partial charge in [0.1, 0.15) is 0 Å². The topological polar surface area (TPSA) is 65.7 Å². The van der Waals surface area contributed by atoms with Crippen LogP contribution in [0.1, 0.15) is 0 Å². The van der Waals surface area contributed by atoms with E-state index in [9.17, 15) is 9.59 Å². The van der Waals surface area contributed by atoms with E-state index >= 15 is 0 Å². The molecule has 2 aromatic heterocycles. The zero-order valence-corrected chi connectivity index (χ0v) is 12.3. The number of H-pyrrole nitrogens is 2. The van der Waals surface area contributed by atoms with Crippen molar-refractivity contribution in [1.82, 2.24) is 9.97 Å². The average molecular weight is 341 g/mol. The number of aromatic nitrogens is 2. The summed E-state index contributed by atoms with van der Waals surface area (Å²) in [7, 11) is 0. The SMILES string of the molecule is O=c1[nH]c2ccccc2c2[nH]c3ccc(Br)cc3c2c1=O. The zero-order chi connectivity index (χ0) is 14.6. The van der Waals surface area contributed by atoms with Crippen LogP contribution in [0, 0.1) is 0 Å². The smallest absolute Gasteiger partial charge is 0.296 e. The van der Waals surface area contributed by atoms with E-state index in [4.69, 9.17) is 0 Å². The minimum atomic E-state index is -0.609. The van der Waals surface area contributed by atoms with Gasteiger partial charge in [-0.05, 0) is 24.3 Å². The largest absolute Gasteiger partial charge is 0.354 e. The number of rotatable bonds is 0. The van der Waals surface area contributed by atoms with Crippen LogP contribution in [-0.2, 0) is 0 Å². The molecular formula is C16H9BrN2O2. The van der Waals surface area contributed by atoms with Crippen LogP contribution in [0.2, 0.25) is 0 Å². The van der Waals surface area contributed by atoms with Crippen LogP contribution in [-0.4, -0.2) is 9.97 Å². The first-order valence-corrected chi connectivity index (χ1v) is 7.21. The summed E-state index contributed by atoms with van der Waals surface area (Å²) in [6.07, 6.45) is 0. The molecule has 2 N–H and O–H groups in total. The van der Waals surface area contributed by atoms with Crippen LogP contribution in [0.25, 0.3) is 32.7 Å².